The Labute approximate surface area is 160 Å². The van der Waals surface area contributed by atoms with Gasteiger partial charge in [-0.2, -0.15) is 5.10 Å². The Morgan fingerprint density at radius 1 is 1.04 bits per heavy atom. The average molecular weight is 379 g/mol. The summed E-state index contributed by atoms with van der Waals surface area (Å²) in [6.45, 7) is 3.70. The van der Waals surface area contributed by atoms with Crippen LogP contribution < -0.4 is 10.9 Å². The van der Waals surface area contributed by atoms with E-state index >= 15 is 0 Å². The zero-order chi connectivity index (χ0) is 20.3. The highest BCUT2D eigenvalue weighted by molar-refractivity contribution is 5.99. The van der Waals surface area contributed by atoms with Crippen molar-refractivity contribution in [1.82, 2.24) is 20.6 Å². The second-order valence-electron chi connectivity index (χ2n) is 6.11. The third-order valence-corrected chi connectivity index (χ3v) is 4.11. The molecule has 0 spiro atoms. The molecule has 0 atom stereocenters. The number of hydrogen-bond donors (Lipinski definition) is 2. The van der Waals surface area contributed by atoms with Gasteiger partial charge in [0.05, 0.1) is 28.1 Å². The van der Waals surface area contributed by atoms with Crippen LogP contribution in [0, 0.1) is 24.0 Å². The summed E-state index contributed by atoms with van der Waals surface area (Å²) in [6.07, 6.45) is 1.41. The Morgan fingerprint density at radius 2 is 1.75 bits per heavy atom. The molecule has 0 aliphatic carbocycles. The third kappa shape index (κ3) is 3.88. The van der Waals surface area contributed by atoms with Crippen LogP contribution in [0.15, 0.2) is 54.7 Å². The van der Waals surface area contributed by atoms with Crippen LogP contribution in [0.5, 0.6) is 0 Å². The number of nitrogens with one attached hydrogen (secondary N) is 2. The monoisotopic (exact) mass is 379 g/mol. The minimum absolute atomic E-state index is 0.0571. The van der Waals surface area contributed by atoms with Gasteiger partial charge in [0.15, 0.2) is 0 Å². The number of non-ortho nitro benzene ring substituents is 1. The van der Waals surface area contributed by atoms with Crippen molar-refractivity contribution in [2.45, 2.75) is 13.8 Å². The van der Waals surface area contributed by atoms with Crippen LogP contribution in [0.3, 0.4) is 0 Å². The Morgan fingerprint density at radius 3 is 2.46 bits per heavy atom. The summed E-state index contributed by atoms with van der Waals surface area (Å²) in [5, 5.41) is 15.0. The number of rotatable bonds is 4. The van der Waals surface area contributed by atoms with Gasteiger partial charge in [-0.1, -0.05) is 18.2 Å². The summed E-state index contributed by atoms with van der Waals surface area (Å²) in [5.74, 6) is -1.21. The summed E-state index contributed by atoms with van der Waals surface area (Å²) in [6, 6.07) is 12.9. The van der Waals surface area contributed by atoms with E-state index in [0.717, 1.165) is 17.3 Å². The lowest BCUT2D eigenvalue weighted by Gasteiger charge is -2.08. The molecule has 2 aromatic carbocycles. The molecule has 0 saturated carbocycles. The molecule has 0 aliphatic heterocycles. The maximum atomic E-state index is 12.4. The zero-order valence-corrected chi connectivity index (χ0v) is 15.2. The van der Waals surface area contributed by atoms with Gasteiger partial charge in [-0.3, -0.25) is 30.6 Å². The van der Waals surface area contributed by atoms with E-state index < -0.39 is 16.7 Å². The number of carbonyl (C=O) groups is 2. The predicted molar refractivity (Wildman–Crippen MR) is 101 cm³/mol. The number of benzene rings is 2. The largest absolute Gasteiger partial charge is 0.273 e. The highest BCUT2D eigenvalue weighted by Crippen LogP contribution is 2.15. The second-order valence-corrected chi connectivity index (χ2v) is 6.11. The van der Waals surface area contributed by atoms with Gasteiger partial charge < -0.3 is 0 Å². The van der Waals surface area contributed by atoms with Crippen molar-refractivity contribution >= 4 is 17.5 Å². The van der Waals surface area contributed by atoms with Crippen molar-refractivity contribution < 1.29 is 14.5 Å². The number of nitro groups is 1. The van der Waals surface area contributed by atoms with E-state index in [9.17, 15) is 19.7 Å². The van der Waals surface area contributed by atoms with Crippen LogP contribution in [-0.2, 0) is 0 Å². The van der Waals surface area contributed by atoms with Crippen LogP contribution in [0.25, 0.3) is 5.69 Å². The Bertz CT molecular complexity index is 1070. The first-order chi connectivity index (χ1) is 13.4. The molecular formula is C19H17N5O4. The van der Waals surface area contributed by atoms with E-state index in [2.05, 4.69) is 16.0 Å². The molecular weight excluding hydrogens is 362 g/mol. The van der Waals surface area contributed by atoms with E-state index in [1.807, 2.05) is 31.2 Å². The minimum atomic E-state index is -0.666. The van der Waals surface area contributed by atoms with Crippen molar-refractivity contribution in [3.63, 3.8) is 0 Å². The molecule has 2 N–H and O–H groups in total. The Hall–Kier alpha value is -4.01. The molecule has 142 valence electrons. The number of aryl methyl sites for hydroxylation is 1. The first kappa shape index (κ1) is 18.8. The third-order valence-electron chi connectivity index (χ3n) is 4.11. The standard InChI is InChI=1S/C19H17N5O4/c1-12-5-3-7-15(9-12)23-13(2)17(11-20-23)19(26)22-21-18(25)14-6-4-8-16(10-14)24(27)28/h3-11H,1-2H3,(H,21,25)(H,22,26). The van der Waals surface area contributed by atoms with Gasteiger partial charge >= 0.3 is 0 Å². The van der Waals surface area contributed by atoms with Crippen molar-refractivity contribution in [2.75, 3.05) is 0 Å². The van der Waals surface area contributed by atoms with Crippen LogP contribution in [0.1, 0.15) is 32.0 Å². The zero-order valence-electron chi connectivity index (χ0n) is 15.2. The maximum Gasteiger partial charge on any atom is 0.273 e. The molecule has 28 heavy (non-hydrogen) atoms. The summed E-state index contributed by atoms with van der Waals surface area (Å²) in [7, 11) is 0. The van der Waals surface area contributed by atoms with Crippen molar-refractivity contribution in [3.05, 3.63) is 87.2 Å². The normalized spacial score (nSPS) is 10.4. The number of hydrazine groups is 1. The highest BCUT2D eigenvalue weighted by atomic mass is 16.6. The van der Waals surface area contributed by atoms with Crippen molar-refractivity contribution in [1.29, 1.82) is 0 Å². The number of aromatic nitrogens is 2. The molecule has 9 heteroatoms. The molecule has 9 nitrogen and oxygen atoms in total. The van der Waals surface area contributed by atoms with Gasteiger partial charge in [0.2, 0.25) is 0 Å². The van der Waals surface area contributed by atoms with Gasteiger partial charge in [-0.15, -0.1) is 0 Å². The summed E-state index contributed by atoms with van der Waals surface area (Å²) in [4.78, 5) is 34.7. The minimum Gasteiger partial charge on any atom is -0.267 e. The number of nitrogens with zero attached hydrogens (tertiary/aromatic N) is 3. The first-order valence-corrected chi connectivity index (χ1v) is 8.33. The quantitative estimate of drug-likeness (QED) is 0.533. The number of hydrogen-bond acceptors (Lipinski definition) is 5. The average Bonchev–Trinajstić information content (AvgIpc) is 3.07. The molecule has 0 fully saturated rings. The summed E-state index contributed by atoms with van der Waals surface area (Å²) in [5.41, 5.74) is 7.17. The molecule has 3 aromatic rings. The van der Waals surface area contributed by atoms with Crippen LogP contribution in [-0.4, -0.2) is 26.5 Å². The molecule has 0 radical (unpaired) electrons. The van der Waals surface area contributed by atoms with E-state index in [0.29, 0.717) is 11.3 Å². The molecule has 1 aromatic heterocycles. The van der Waals surface area contributed by atoms with Crippen LogP contribution >= 0.6 is 0 Å². The van der Waals surface area contributed by atoms with E-state index in [4.69, 9.17) is 0 Å². The SMILES string of the molecule is Cc1cccc(-n2ncc(C(=O)NNC(=O)c3cccc([N+](=O)[O-])c3)c2C)c1. The lowest BCUT2D eigenvalue weighted by molar-refractivity contribution is -0.384. The summed E-state index contributed by atoms with van der Waals surface area (Å²) >= 11 is 0. The molecule has 0 aliphatic rings. The molecule has 2 amide bonds. The van der Waals surface area contributed by atoms with E-state index in [1.165, 1.54) is 24.4 Å². The Kier molecular flexibility index (Phi) is 5.16. The molecule has 0 saturated heterocycles. The van der Waals surface area contributed by atoms with E-state index in [-0.39, 0.29) is 11.3 Å². The topological polar surface area (TPSA) is 119 Å². The van der Waals surface area contributed by atoms with Crippen molar-refractivity contribution in [2.24, 2.45) is 0 Å². The van der Waals surface area contributed by atoms with Gasteiger partial charge in [-0.25, -0.2) is 4.68 Å². The lowest BCUT2D eigenvalue weighted by Crippen LogP contribution is -2.41. The number of amides is 2. The van der Waals surface area contributed by atoms with Gasteiger partial charge in [0.1, 0.15) is 0 Å². The second kappa shape index (κ2) is 7.70. The fraction of sp³-hybridized carbons (Fsp3) is 0.105. The van der Waals surface area contributed by atoms with Crippen LogP contribution in [0.4, 0.5) is 5.69 Å². The molecule has 3 rings (SSSR count). The fourth-order valence-corrected chi connectivity index (χ4v) is 2.67. The van der Waals surface area contributed by atoms with Gasteiger partial charge in [0.25, 0.3) is 17.5 Å². The molecule has 0 unspecified atom stereocenters. The van der Waals surface area contributed by atoms with E-state index in [1.54, 1.807) is 11.6 Å². The Balaban J connectivity index is 1.71. The van der Waals surface area contributed by atoms with Gasteiger partial charge in [0, 0.05) is 17.7 Å². The predicted octanol–water partition coefficient (Wildman–Crippen LogP) is 2.47. The lowest BCUT2D eigenvalue weighted by atomic mass is 10.2. The smallest absolute Gasteiger partial charge is 0.267 e. The summed E-state index contributed by atoms with van der Waals surface area (Å²) < 4.78 is 1.63. The maximum absolute atomic E-state index is 12.4. The fourth-order valence-electron chi connectivity index (χ4n) is 2.67. The first-order valence-electron chi connectivity index (χ1n) is 8.33. The van der Waals surface area contributed by atoms with Gasteiger partial charge in [-0.05, 0) is 37.6 Å². The molecule has 0 bridgehead atoms. The molecule has 1 heterocycles. The van der Waals surface area contributed by atoms with Crippen molar-refractivity contribution in [3.8, 4) is 5.69 Å². The number of nitro benzene ring substituents is 1. The van der Waals surface area contributed by atoms with Crippen LogP contribution in [0.2, 0.25) is 0 Å². The highest BCUT2D eigenvalue weighted by Gasteiger charge is 2.17. The number of carbonyl (C=O) groups excluding carboxylic acids is 2.